The Morgan fingerprint density at radius 1 is 1.11 bits per heavy atom. The van der Waals surface area contributed by atoms with E-state index in [-0.39, 0.29) is 5.91 Å². The van der Waals surface area contributed by atoms with Gasteiger partial charge in [0.15, 0.2) is 5.01 Å². The van der Waals surface area contributed by atoms with Gasteiger partial charge >= 0.3 is 0 Å². The quantitative estimate of drug-likeness (QED) is 0.596. The second-order valence-electron chi connectivity index (χ2n) is 5.63. The van der Waals surface area contributed by atoms with Crippen molar-refractivity contribution in [2.24, 2.45) is 0 Å². The third-order valence-corrected chi connectivity index (χ3v) is 5.59. The molecule has 1 aromatic heterocycles. The molecule has 3 rings (SSSR count). The predicted octanol–water partition coefficient (Wildman–Crippen LogP) is 4.26. The Hall–Kier alpha value is -2.58. The van der Waals surface area contributed by atoms with Gasteiger partial charge in [0.25, 0.3) is 0 Å². The fourth-order valence-corrected chi connectivity index (χ4v) is 3.78. The Morgan fingerprint density at radius 2 is 1.89 bits per heavy atom. The van der Waals surface area contributed by atoms with Gasteiger partial charge < -0.3 is 9.47 Å². The molecule has 0 aliphatic heterocycles. The molecular formula is C19H19N3O3S2. The minimum absolute atomic E-state index is 0.120. The van der Waals surface area contributed by atoms with Gasteiger partial charge in [0.2, 0.25) is 11.0 Å². The van der Waals surface area contributed by atoms with E-state index in [1.165, 1.54) is 28.7 Å². The predicted molar refractivity (Wildman–Crippen MR) is 109 cm³/mol. The first-order valence-electron chi connectivity index (χ1n) is 8.14. The molecule has 1 heterocycles. The summed E-state index contributed by atoms with van der Waals surface area (Å²) >= 11 is 2.78. The number of anilines is 1. The van der Waals surface area contributed by atoms with Gasteiger partial charge in [-0.3, -0.25) is 10.1 Å². The van der Waals surface area contributed by atoms with E-state index in [1.54, 1.807) is 20.3 Å². The number of methoxy groups -OCH3 is 2. The Labute approximate surface area is 165 Å². The number of benzene rings is 2. The first kappa shape index (κ1) is 19.2. The molecule has 0 unspecified atom stereocenters. The maximum Gasteiger partial charge on any atom is 0.236 e. The number of amides is 1. The van der Waals surface area contributed by atoms with Gasteiger partial charge in [-0.15, -0.1) is 22.0 Å². The lowest BCUT2D eigenvalue weighted by Gasteiger charge is -2.07. The molecule has 3 aromatic rings. The average molecular weight is 402 g/mol. The van der Waals surface area contributed by atoms with E-state index in [2.05, 4.69) is 15.5 Å². The van der Waals surface area contributed by atoms with Crippen LogP contribution in [0.4, 0.5) is 5.13 Å². The first-order chi connectivity index (χ1) is 13.1. The zero-order valence-electron chi connectivity index (χ0n) is 15.2. The molecule has 0 saturated carbocycles. The van der Waals surface area contributed by atoms with Crippen molar-refractivity contribution in [1.82, 2.24) is 10.2 Å². The number of ether oxygens (including phenoxy) is 2. The van der Waals surface area contributed by atoms with Crippen molar-refractivity contribution in [2.75, 3.05) is 25.3 Å². The third kappa shape index (κ3) is 4.99. The van der Waals surface area contributed by atoms with Crippen molar-refractivity contribution in [1.29, 1.82) is 0 Å². The van der Waals surface area contributed by atoms with Crippen molar-refractivity contribution < 1.29 is 14.3 Å². The molecule has 1 N–H and O–H groups in total. The van der Waals surface area contributed by atoms with Crippen LogP contribution in [0.1, 0.15) is 5.56 Å². The van der Waals surface area contributed by atoms with Gasteiger partial charge in [0.05, 0.1) is 25.5 Å². The number of hydrogen-bond acceptors (Lipinski definition) is 7. The maximum absolute atomic E-state index is 12.2. The minimum Gasteiger partial charge on any atom is -0.497 e. The van der Waals surface area contributed by atoms with Gasteiger partial charge in [-0.1, -0.05) is 29.0 Å². The van der Waals surface area contributed by atoms with E-state index in [9.17, 15) is 4.79 Å². The SMILES string of the molecule is COc1ccc(-c2nnc(NC(=O)CSc3ccc(C)cc3)s2)c(OC)c1. The topological polar surface area (TPSA) is 73.3 Å². The lowest BCUT2D eigenvalue weighted by atomic mass is 10.2. The van der Waals surface area contributed by atoms with Gasteiger partial charge in [-0.05, 0) is 31.2 Å². The Bertz CT molecular complexity index is 926. The molecular weight excluding hydrogens is 382 g/mol. The highest BCUT2D eigenvalue weighted by atomic mass is 32.2. The van der Waals surface area contributed by atoms with E-state index in [4.69, 9.17) is 9.47 Å². The highest BCUT2D eigenvalue weighted by Gasteiger charge is 2.14. The summed E-state index contributed by atoms with van der Waals surface area (Å²) in [5, 5.41) is 12.1. The number of nitrogens with one attached hydrogen (secondary N) is 1. The van der Waals surface area contributed by atoms with Crippen LogP contribution < -0.4 is 14.8 Å². The van der Waals surface area contributed by atoms with Gasteiger partial charge in [-0.25, -0.2) is 0 Å². The van der Waals surface area contributed by atoms with Crippen molar-refractivity contribution >= 4 is 34.1 Å². The summed E-state index contributed by atoms with van der Waals surface area (Å²) in [5.41, 5.74) is 1.99. The maximum atomic E-state index is 12.2. The summed E-state index contributed by atoms with van der Waals surface area (Å²) in [6, 6.07) is 13.5. The van der Waals surface area contributed by atoms with Crippen LogP contribution in [0.5, 0.6) is 11.5 Å². The molecule has 0 radical (unpaired) electrons. The number of thioether (sulfide) groups is 1. The molecule has 0 fully saturated rings. The minimum atomic E-state index is -0.120. The molecule has 0 aliphatic carbocycles. The van der Waals surface area contributed by atoms with E-state index >= 15 is 0 Å². The molecule has 0 spiro atoms. The molecule has 0 aliphatic rings. The summed E-state index contributed by atoms with van der Waals surface area (Å²) in [4.78, 5) is 13.2. The number of nitrogens with zero attached hydrogens (tertiary/aromatic N) is 2. The smallest absolute Gasteiger partial charge is 0.236 e. The zero-order chi connectivity index (χ0) is 19.2. The third-order valence-electron chi connectivity index (χ3n) is 3.70. The van der Waals surface area contributed by atoms with E-state index in [0.29, 0.717) is 27.4 Å². The Balaban J connectivity index is 1.63. The highest BCUT2D eigenvalue weighted by Crippen LogP contribution is 2.36. The monoisotopic (exact) mass is 401 g/mol. The van der Waals surface area contributed by atoms with Crippen LogP contribution in [-0.4, -0.2) is 36.1 Å². The number of carbonyl (C=O) groups excluding carboxylic acids is 1. The summed E-state index contributed by atoms with van der Waals surface area (Å²) < 4.78 is 10.6. The van der Waals surface area contributed by atoms with Crippen LogP contribution in [0.3, 0.4) is 0 Å². The number of rotatable bonds is 7. The van der Waals surface area contributed by atoms with Gasteiger partial charge in [0, 0.05) is 11.0 Å². The molecule has 1 amide bonds. The van der Waals surface area contributed by atoms with Crippen molar-refractivity contribution in [3.63, 3.8) is 0 Å². The van der Waals surface area contributed by atoms with Crippen LogP contribution in [-0.2, 0) is 4.79 Å². The normalized spacial score (nSPS) is 10.5. The van der Waals surface area contributed by atoms with Crippen molar-refractivity contribution in [3.8, 4) is 22.1 Å². The number of carbonyl (C=O) groups is 1. The van der Waals surface area contributed by atoms with Gasteiger partial charge in [-0.2, -0.15) is 0 Å². The van der Waals surface area contributed by atoms with Crippen LogP contribution >= 0.6 is 23.1 Å². The lowest BCUT2D eigenvalue weighted by molar-refractivity contribution is -0.113. The summed E-state index contributed by atoms with van der Waals surface area (Å²) in [7, 11) is 3.19. The molecule has 27 heavy (non-hydrogen) atoms. The second kappa shape index (κ2) is 8.88. The standard InChI is InChI=1S/C19H19N3O3S2/c1-12-4-7-14(8-5-12)26-11-17(23)20-19-22-21-18(27-19)15-9-6-13(24-2)10-16(15)25-3/h4-10H,11H2,1-3H3,(H,20,22,23). The Kier molecular flexibility index (Phi) is 6.31. The van der Waals surface area contributed by atoms with Crippen LogP contribution in [0.2, 0.25) is 0 Å². The number of aromatic nitrogens is 2. The van der Waals surface area contributed by atoms with Crippen LogP contribution in [0, 0.1) is 6.92 Å². The largest absolute Gasteiger partial charge is 0.497 e. The highest BCUT2D eigenvalue weighted by molar-refractivity contribution is 8.00. The average Bonchev–Trinajstić information content (AvgIpc) is 3.15. The van der Waals surface area contributed by atoms with Crippen molar-refractivity contribution in [3.05, 3.63) is 48.0 Å². The van der Waals surface area contributed by atoms with E-state index in [1.807, 2.05) is 43.3 Å². The first-order valence-corrected chi connectivity index (χ1v) is 9.94. The molecule has 8 heteroatoms. The second-order valence-corrected chi connectivity index (χ2v) is 7.65. The molecule has 2 aromatic carbocycles. The molecule has 0 atom stereocenters. The molecule has 0 saturated heterocycles. The van der Waals surface area contributed by atoms with Crippen LogP contribution in [0.15, 0.2) is 47.4 Å². The Morgan fingerprint density at radius 3 is 2.59 bits per heavy atom. The van der Waals surface area contributed by atoms with Crippen molar-refractivity contribution in [2.45, 2.75) is 11.8 Å². The van der Waals surface area contributed by atoms with Gasteiger partial charge in [0.1, 0.15) is 11.5 Å². The zero-order valence-corrected chi connectivity index (χ0v) is 16.8. The fourth-order valence-electron chi connectivity index (χ4n) is 2.30. The molecule has 6 nitrogen and oxygen atoms in total. The molecule has 0 bridgehead atoms. The fraction of sp³-hybridized carbons (Fsp3) is 0.211. The summed E-state index contributed by atoms with van der Waals surface area (Å²) in [6.07, 6.45) is 0. The summed E-state index contributed by atoms with van der Waals surface area (Å²) in [6.45, 7) is 2.03. The molecule has 140 valence electrons. The number of hydrogen-bond donors (Lipinski definition) is 1. The van der Waals surface area contributed by atoms with E-state index in [0.717, 1.165) is 10.5 Å². The summed E-state index contributed by atoms with van der Waals surface area (Å²) in [5.74, 6) is 1.52. The van der Waals surface area contributed by atoms with Crippen LogP contribution in [0.25, 0.3) is 10.6 Å². The number of aryl methyl sites for hydroxylation is 1. The van der Waals surface area contributed by atoms with E-state index < -0.39 is 0 Å². The lowest BCUT2D eigenvalue weighted by Crippen LogP contribution is -2.13.